The number of piperazine rings is 1. The summed E-state index contributed by atoms with van der Waals surface area (Å²) in [5.41, 5.74) is 5.48. The predicted molar refractivity (Wildman–Crippen MR) is 73.8 cm³/mol. The van der Waals surface area contributed by atoms with Crippen LogP contribution in [0.5, 0.6) is 0 Å². The zero-order chi connectivity index (χ0) is 15.0. The van der Waals surface area contributed by atoms with E-state index in [1.165, 1.54) is 26.9 Å². The van der Waals surface area contributed by atoms with Gasteiger partial charge >= 0.3 is 0 Å². The number of hydrogen-bond acceptors (Lipinski definition) is 6. The van der Waals surface area contributed by atoms with Gasteiger partial charge in [-0.15, -0.1) is 0 Å². The van der Waals surface area contributed by atoms with Gasteiger partial charge in [-0.3, -0.25) is 0 Å². The molecule has 0 amide bonds. The number of anilines is 1. The molecule has 2 rings (SSSR count). The lowest BCUT2D eigenvalue weighted by molar-refractivity contribution is 0.274. The van der Waals surface area contributed by atoms with Crippen molar-refractivity contribution < 1.29 is 16.8 Å². The van der Waals surface area contributed by atoms with Crippen LogP contribution < -0.4 is 5.73 Å². The molecule has 10 heteroatoms. The third-order valence-corrected chi connectivity index (χ3v) is 6.25. The van der Waals surface area contributed by atoms with Gasteiger partial charge in [-0.05, 0) is 6.07 Å². The average molecular weight is 320 g/mol. The Hall–Kier alpha value is -1.23. The number of nitrogens with two attached hydrogens (primary N) is 1. The third kappa shape index (κ3) is 3.08. The fourth-order valence-corrected chi connectivity index (χ4v) is 4.25. The summed E-state index contributed by atoms with van der Waals surface area (Å²) in [5, 5.41) is 0. The van der Waals surface area contributed by atoms with Gasteiger partial charge in [0.15, 0.2) is 0 Å². The van der Waals surface area contributed by atoms with Crippen molar-refractivity contribution in [3.8, 4) is 0 Å². The van der Waals surface area contributed by atoms with E-state index >= 15 is 0 Å². The maximum Gasteiger partial charge on any atom is 0.243 e. The molecule has 0 bridgehead atoms. The minimum Gasteiger partial charge on any atom is -0.384 e. The standard InChI is InChI=1S/C10H16N4O4S2/c1-19(15,16)13-4-6-14(7-5-13)20(17,18)9-2-3-12-10(11)8-9/h2-3,8H,4-7H2,1H3,(H2,11,12). The molecule has 0 radical (unpaired) electrons. The maximum absolute atomic E-state index is 12.4. The summed E-state index contributed by atoms with van der Waals surface area (Å²) < 4.78 is 50.0. The molecule has 1 aliphatic heterocycles. The van der Waals surface area contributed by atoms with Gasteiger partial charge in [-0.25, -0.2) is 21.8 Å². The predicted octanol–water partition coefficient (Wildman–Crippen LogP) is -1.07. The molecular formula is C10H16N4O4S2. The van der Waals surface area contributed by atoms with Crippen LogP contribution >= 0.6 is 0 Å². The highest BCUT2D eigenvalue weighted by Crippen LogP contribution is 2.19. The monoisotopic (exact) mass is 320 g/mol. The van der Waals surface area contributed by atoms with Crippen LogP contribution in [0.1, 0.15) is 0 Å². The Labute approximate surface area is 118 Å². The minimum absolute atomic E-state index is 0.0674. The lowest BCUT2D eigenvalue weighted by Gasteiger charge is -2.32. The van der Waals surface area contributed by atoms with Crippen molar-refractivity contribution in [2.45, 2.75) is 4.90 Å². The van der Waals surface area contributed by atoms with Crippen LogP contribution in [0.2, 0.25) is 0 Å². The lowest BCUT2D eigenvalue weighted by Crippen LogP contribution is -2.50. The lowest BCUT2D eigenvalue weighted by atomic mass is 10.4. The topological polar surface area (TPSA) is 114 Å². The molecule has 2 heterocycles. The molecule has 0 saturated carbocycles. The van der Waals surface area contributed by atoms with Gasteiger partial charge in [0.05, 0.1) is 11.2 Å². The smallest absolute Gasteiger partial charge is 0.243 e. The van der Waals surface area contributed by atoms with Crippen molar-refractivity contribution in [1.29, 1.82) is 0 Å². The second-order valence-corrected chi connectivity index (χ2v) is 8.40. The van der Waals surface area contributed by atoms with Gasteiger partial charge in [0.25, 0.3) is 0 Å². The van der Waals surface area contributed by atoms with E-state index < -0.39 is 20.0 Å². The quantitative estimate of drug-likeness (QED) is 0.758. The second-order valence-electron chi connectivity index (χ2n) is 4.48. The molecule has 2 N–H and O–H groups in total. The first-order valence-corrected chi connectivity index (χ1v) is 9.17. The van der Waals surface area contributed by atoms with Gasteiger partial charge in [0.2, 0.25) is 20.0 Å². The molecule has 0 unspecified atom stereocenters. The van der Waals surface area contributed by atoms with E-state index in [9.17, 15) is 16.8 Å². The summed E-state index contributed by atoms with van der Waals surface area (Å²) >= 11 is 0. The van der Waals surface area contributed by atoms with Gasteiger partial charge < -0.3 is 5.73 Å². The Morgan fingerprint density at radius 2 is 1.65 bits per heavy atom. The number of aromatic nitrogens is 1. The molecule has 0 aliphatic carbocycles. The first-order chi connectivity index (χ1) is 9.21. The Morgan fingerprint density at radius 3 is 2.15 bits per heavy atom. The molecule has 0 atom stereocenters. The Balaban J connectivity index is 2.18. The van der Waals surface area contributed by atoms with Crippen LogP contribution in [0.25, 0.3) is 0 Å². The molecule has 1 saturated heterocycles. The molecular weight excluding hydrogens is 304 g/mol. The highest BCUT2D eigenvalue weighted by Gasteiger charge is 2.31. The highest BCUT2D eigenvalue weighted by atomic mass is 32.2. The number of nitrogens with zero attached hydrogens (tertiary/aromatic N) is 3. The molecule has 0 aromatic carbocycles. The molecule has 1 fully saturated rings. The van der Waals surface area contributed by atoms with Crippen molar-refractivity contribution in [3.63, 3.8) is 0 Å². The van der Waals surface area contributed by atoms with Gasteiger partial charge in [0, 0.05) is 38.4 Å². The second kappa shape index (κ2) is 5.28. The zero-order valence-corrected chi connectivity index (χ0v) is 12.6. The van der Waals surface area contributed by atoms with Crippen LogP contribution in [0.15, 0.2) is 23.2 Å². The van der Waals surface area contributed by atoms with E-state index in [0.29, 0.717) is 0 Å². The number of hydrogen-bond donors (Lipinski definition) is 1. The summed E-state index contributed by atoms with van der Waals surface area (Å²) in [6, 6.07) is 2.66. The summed E-state index contributed by atoms with van der Waals surface area (Å²) in [6.45, 7) is 0.548. The number of nitrogen functional groups attached to an aromatic ring is 1. The summed E-state index contributed by atoms with van der Waals surface area (Å²) in [5.74, 6) is 0.126. The molecule has 8 nitrogen and oxygen atoms in total. The van der Waals surface area contributed by atoms with E-state index in [0.717, 1.165) is 6.26 Å². The van der Waals surface area contributed by atoms with Crippen LogP contribution in [0.3, 0.4) is 0 Å². The SMILES string of the molecule is CS(=O)(=O)N1CCN(S(=O)(=O)c2ccnc(N)c2)CC1. The van der Waals surface area contributed by atoms with E-state index in [4.69, 9.17) is 5.73 Å². The van der Waals surface area contributed by atoms with Crippen LogP contribution in [-0.4, -0.2) is 62.9 Å². The fraction of sp³-hybridized carbons (Fsp3) is 0.500. The summed E-state index contributed by atoms with van der Waals surface area (Å²) in [4.78, 5) is 3.82. The first-order valence-electron chi connectivity index (χ1n) is 5.88. The number of sulfonamides is 2. The van der Waals surface area contributed by atoms with Crippen LogP contribution in [0.4, 0.5) is 5.82 Å². The molecule has 1 aliphatic rings. The van der Waals surface area contributed by atoms with E-state index in [1.807, 2.05) is 0 Å². The van der Waals surface area contributed by atoms with Crippen LogP contribution in [0, 0.1) is 0 Å². The molecule has 1 aromatic heterocycles. The number of pyridine rings is 1. The van der Waals surface area contributed by atoms with Crippen molar-refractivity contribution >= 4 is 25.9 Å². The Kier molecular flexibility index (Phi) is 4.00. The van der Waals surface area contributed by atoms with E-state index in [1.54, 1.807) is 0 Å². The number of rotatable bonds is 3. The van der Waals surface area contributed by atoms with Crippen molar-refractivity contribution in [3.05, 3.63) is 18.3 Å². The van der Waals surface area contributed by atoms with Gasteiger partial charge in [0.1, 0.15) is 5.82 Å². The van der Waals surface area contributed by atoms with Crippen LogP contribution in [-0.2, 0) is 20.0 Å². The van der Waals surface area contributed by atoms with E-state index in [-0.39, 0.29) is 36.9 Å². The van der Waals surface area contributed by atoms with Crippen molar-refractivity contribution in [1.82, 2.24) is 13.6 Å². The molecule has 112 valence electrons. The Bertz CT molecular complexity index is 694. The summed E-state index contributed by atoms with van der Waals surface area (Å²) in [6.07, 6.45) is 2.44. The Morgan fingerprint density at radius 1 is 1.10 bits per heavy atom. The van der Waals surface area contributed by atoms with Gasteiger partial charge in [-0.2, -0.15) is 8.61 Å². The van der Waals surface area contributed by atoms with E-state index in [2.05, 4.69) is 4.98 Å². The maximum atomic E-state index is 12.4. The fourth-order valence-electron chi connectivity index (χ4n) is 1.98. The van der Waals surface area contributed by atoms with Gasteiger partial charge in [-0.1, -0.05) is 0 Å². The minimum atomic E-state index is -3.66. The normalized spacial score (nSPS) is 19.1. The third-order valence-electron chi connectivity index (χ3n) is 3.06. The first kappa shape index (κ1) is 15.2. The highest BCUT2D eigenvalue weighted by molar-refractivity contribution is 7.89. The zero-order valence-electron chi connectivity index (χ0n) is 10.9. The molecule has 0 spiro atoms. The molecule has 20 heavy (non-hydrogen) atoms. The van der Waals surface area contributed by atoms with Crippen molar-refractivity contribution in [2.75, 3.05) is 38.2 Å². The largest absolute Gasteiger partial charge is 0.384 e. The van der Waals surface area contributed by atoms with Crippen molar-refractivity contribution in [2.24, 2.45) is 0 Å². The average Bonchev–Trinajstić information content (AvgIpc) is 2.38. The summed E-state index contributed by atoms with van der Waals surface area (Å²) in [7, 11) is -6.95. The molecule has 1 aromatic rings.